The van der Waals surface area contributed by atoms with Gasteiger partial charge in [-0.3, -0.25) is 0 Å². The van der Waals surface area contributed by atoms with Crippen LogP contribution in [-0.4, -0.2) is 5.54 Å². The lowest BCUT2D eigenvalue weighted by atomic mass is 9.83. The molecule has 0 aliphatic carbocycles. The predicted molar refractivity (Wildman–Crippen MR) is 67.8 cm³/mol. The summed E-state index contributed by atoms with van der Waals surface area (Å²) in [6.07, 6.45) is 2.11. The quantitative estimate of drug-likeness (QED) is 0.889. The SMILES string of the molecule is CCC(C)C(C)(N)Cc1ccc(Br)s1. The van der Waals surface area contributed by atoms with Crippen LogP contribution in [0.1, 0.15) is 32.1 Å². The molecule has 0 aliphatic rings. The molecule has 1 aromatic rings. The van der Waals surface area contributed by atoms with Gasteiger partial charge in [0.05, 0.1) is 3.79 Å². The Morgan fingerprint density at radius 3 is 2.64 bits per heavy atom. The maximum absolute atomic E-state index is 6.30. The van der Waals surface area contributed by atoms with Crippen molar-refractivity contribution in [1.29, 1.82) is 0 Å². The Bertz CT molecular complexity index is 293. The van der Waals surface area contributed by atoms with Gasteiger partial charge in [-0.05, 0) is 47.3 Å². The van der Waals surface area contributed by atoms with Gasteiger partial charge >= 0.3 is 0 Å². The van der Waals surface area contributed by atoms with E-state index < -0.39 is 0 Å². The summed E-state index contributed by atoms with van der Waals surface area (Å²) in [4.78, 5) is 1.36. The summed E-state index contributed by atoms with van der Waals surface area (Å²) >= 11 is 5.25. The van der Waals surface area contributed by atoms with Crippen LogP contribution in [0.4, 0.5) is 0 Å². The van der Waals surface area contributed by atoms with Gasteiger partial charge in [0.1, 0.15) is 0 Å². The molecule has 0 aliphatic heterocycles. The molecule has 1 heterocycles. The zero-order valence-electron chi connectivity index (χ0n) is 9.01. The fourth-order valence-electron chi connectivity index (χ4n) is 1.46. The van der Waals surface area contributed by atoms with Gasteiger partial charge in [-0.15, -0.1) is 11.3 Å². The van der Waals surface area contributed by atoms with Crippen molar-refractivity contribution in [3.05, 3.63) is 20.8 Å². The molecule has 1 nitrogen and oxygen atoms in total. The fourth-order valence-corrected chi connectivity index (χ4v) is 3.12. The Balaban J connectivity index is 2.67. The largest absolute Gasteiger partial charge is 0.325 e. The van der Waals surface area contributed by atoms with Crippen LogP contribution in [0.25, 0.3) is 0 Å². The second kappa shape index (κ2) is 4.77. The molecule has 3 heteroatoms. The molecule has 0 saturated carbocycles. The van der Waals surface area contributed by atoms with Crippen molar-refractivity contribution >= 4 is 27.3 Å². The average Bonchev–Trinajstić information content (AvgIpc) is 2.48. The van der Waals surface area contributed by atoms with Gasteiger partial charge in [0, 0.05) is 10.4 Å². The number of thiophene rings is 1. The maximum atomic E-state index is 6.30. The van der Waals surface area contributed by atoms with Crippen LogP contribution >= 0.6 is 27.3 Å². The summed E-state index contributed by atoms with van der Waals surface area (Å²) in [7, 11) is 0. The lowest BCUT2D eigenvalue weighted by Crippen LogP contribution is -2.44. The molecular formula is C11H18BrNS. The van der Waals surface area contributed by atoms with Crippen LogP contribution in [0.3, 0.4) is 0 Å². The molecule has 1 rings (SSSR count). The van der Waals surface area contributed by atoms with Gasteiger partial charge in [0.2, 0.25) is 0 Å². The Kier molecular flexibility index (Phi) is 4.16. The molecule has 0 amide bonds. The zero-order chi connectivity index (χ0) is 10.8. The number of hydrogen-bond acceptors (Lipinski definition) is 2. The first kappa shape index (κ1) is 12.2. The molecular weight excluding hydrogens is 258 g/mol. The first-order chi connectivity index (χ1) is 6.45. The van der Waals surface area contributed by atoms with Crippen molar-refractivity contribution in [3.8, 4) is 0 Å². The molecule has 2 N–H and O–H groups in total. The third-order valence-electron chi connectivity index (χ3n) is 2.92. The minimum absolute atomic E-state index is 0.0843. The normalized spacial score (nSPS) is 17.8. The Morgan fingerprint density at radius 1 is 1.57 bits per heavy atom. The summed E-state index contributed by atoms with van der Waals surface area (Å²) in [5.74, 6) is 0.559. The standard InChI is InChI=1S/C11H18BrNS/c1-4-8(2)11(3,13)7-9-5-6-10(12)14-9/h5-6,8H,4,7,13H2,1-3H3. The van der Waals surface area contributed by atoms with Crippen molar-refractivity contribution in [3.63, 3.8) is 0 Å². The van der Waals surface area contributed by atoms with E-state index in [1.807, 2.05) is 0 Å². The second-order valence-corrected chi connectivity index (χ2v) is 6.75. The molecule has 0 bridgehead atoms. The molecule has 0 radical (unpaired) electrons. The van der Waals surface area contributed by atoms with E-state index in [0.29, 0.717) is 5.92 Å². The second-order valence-electron chi connectivity index (χ2n) is 4.20. The van der Waals surface area contributed by atoms with E-state index in [1.165, 1.54) is 8.66 Å². The van der Waals surface area contributed by atoms with Gasteiger partial charge < -0.3 is 5.73 Å². The van der Waals surface area contributed by atoms with Crippen LogP contribution in [0.15, 0.2) is 15.9 Å². The molecule has 14 heavy (non-hydrogen) atoms. The molecule has 0 saturated heterocycles. The van der Waals surface area contributed by atoms with Crippen molar-refractivity contribution in [2.75, 3.05) is 0 Å². The van der Waals surface area contributed by atoms with Gasteiger partial charge in [0.15, 0.2) is 0 Å². The molecule has 0 fully saturated rings. The van der Waals surface area contributed by atoms with Crippen LogP contribution in [0.5, 0.6) is 0 Å². The lowest BCUT2D eigenvalue weighted by Gasteiger charge is -2.30. The van der Waals surface area contributed by atoms with E-state index in [0.717, 1.165) is 12.8 Å². The highest BCUT2D eigenvalue weighted by Crippen LogP contribution is 2.28. The molecule has 2 atom stereocenters. The van der Waals surface area contributed by atoms with Crippen molar-refractivity contribution in [2.24, 2.45) is 11.7 Å². The average molecular weight is 276 g/mol. The smallest absolute Gasteiger partial charge is 0.0701 e. The summed E-state index contributed by atoms with van der Waals surface area (Å²) in [5.41, 5.74) is 6.22. The van der Waals surface area contributed by atoms with Gasteiger partial charge in [-0.1, -0.05) is 20.3 Å². The van der Waals surface area contributed by atoms with E-state index in [4.69, 9.17) is 5.73 Å². The number of nitrogens with two attached hydrogens (primary N) is 1. The Morgan fingerprint density at radius 2 is 2.21 bits per heavy atom. The zero-order valence-corrected chi connectivity index (χ0v) is 11.4. The minimum Gasteiger partial charge on any atom is -0.325 e. The molecule has 80 valence electrons. The molecule has 0 aromatic carbocycles. The first-order valence-electron chi connectivity index (χ1n) is 4.99. The monoisotopic (exact) mass is 275 g/mol. The summed E-state index contributed by atoms with van der Waals surface area (Å²) in [6.45, 7) is 6.57. The van der Waals surface area contributed by atoms with Gasteiger partial charge in [-0.2, -0.15) is 0 Å². The maximum Gasteiger partial charge on any atom is 0.0701 e. The van der Waals surface area contributed by atoms with Crippen molar-refractivity contribution in [1.82, 2.24) is 0 Å². The first-order valence-corrected chi connectivity index (χ1v) is 6.59. The fraction of sp³-hybridized carbons (Fsp3) is 0.636. The highest BCUT2D eigenvalue weighted by Gasteiger charge is 2.25. The Hall–Kier alpha value is 0.140. The van der Waals surface area contributed by atoms with E-state index in [2.05, 4.69) is 48.8 Å². The summed E-state index contributed by atoms with van der Waals surface area (Å²) in [6, 6.07) is 4.24. The van der Waals surface area contributed by atoms with E-state index in [9.17, 15) is 0 Å². The summed E-state index contributed by atoms with van der Waals surface area (Å²) < 4.78 is 1.19. The van der Waals surface area contributed by atoms with E-state index >= 15 is 0 Å². The highest BCUT2D eigenvalue weighted by atomic mass is 79.9. The minimum atomic E-state index is -0.0843. The van der Waals surface area contributed by atoms with E-state index in [1.54, 1.807) is 11.3 Å². The third kappa shape index (κ3) is 3.07. The number of hydrogen-bond donors (Lipinski definition) is 1. The predicted octanol–water partition coefficient (Wildman–Crippen LogP) is 3.82. The molecule has 2 unspecified atom stereocenters. The highest BCUT2D eigenvalue weighted by molar-refractivity contribution is 9.11. The number of halogens is 1. The van der Waals surface area contributed by atoms with Crippen LogP contribution < -0.4 is 5.73 Å². The van der Waals surface area contributed by atoms with Gasteiger partial charge in [-0.25, -0.2) is 0 Å². The summed E-state index contributed by atoms with van der Waals surface area (Å²) in [5, 5.41) is 0. The van der Waals surface area contributed by atoms with Gasteiger partial charge in [0.25, 0.3) is 0 Å². The molecule has 0 spiro atoms. The topological polar surface area (TPSA) is 26.0 Å². The van der Waals surface area contributed by atoms with Crippen LogP contribution in [-0.2, 0) is 6.42 Å². The molecule has 1 aromatic heterocycles. The van der Waals surface area contributed by atoms with Crippen LogP contribution in [0, 0.1) is 5.92 Å². The Labute approximate surface area is 98.8 Å². The van der Waals surface area contributed by atoms with Crippen LogP contribution in [0.2, 0.25) is 0 Å². The third-order valence-corrected chi connectivity index (χ3v) is 4.55. The number of rotatable bonds is 4. The van der Waals surface area contributed by atoms with Crippen molar-refractivity contribution < 1.29 is 0 Å². The van der Waals surface area contributed by atoms with Crippen molar-refractivity contribution in [2.45, 2.75) is 39.2 Å². The lowest BCUT2D eigenvalue weighted by molar-refractivity contribution is 0.308. The van der Waals surface area contributed by atoms with E-state index in [-0.39, 0.29) is 5.54 Å².